The van der Waals surface area contributed by atoms with Crippen LogP contribution in [0.5, 0.6) is 0 Å². The van der Waals surface area contributed by atoms with Gasteiger partial charge in [0.25, 0.3) is 0 Å². The number of para-hydroxylation sites is 1. The summed E-state index contributed by atoms with van der Waals surface area (Å²) < 4.78 is 6.19. The zero-order chi connectivity index (χ0) is 37.4. The first-order chi connectivity index (χ1) is 27.5. The molecule has 0 N–H and O–H groups in total. The minimum atomic E-state index is -0.0871. The largest absolute Gasteiger partial charge is 0.456 e. The Morgan fingerprint density at radius 1 is 0.393 bits per heavy atom. The average Bonchev–Trinajstić information content (AvgIpc) is 3.74. The van der Waals surface area contributed by atoms with E-state index in [1.807, 2.05) is 30.3 Å². The van der Waals surface area contributed by atoms with Gasteiger partial charge >= 0.3 is 0 Å². The molecule has 0 spiro atoms. The number of benzene rings is 8. The molecule has 264 valence electrons. The lowest BCUT2D eigenvalue weighted by molar-refractivity contribution is 0.661. The van der Waals surface area contributed by atoms with E-state index in [1.165, 1.54) is 44.2 Å². The molecular weight excluding hydrogens is 681 g/mol. The van der Waals surface area contributed by atoms with Crippen molar-refractivity contribution in [3.05, 3.63) is 193 Å². The molecule has 3 heteroatoms. The third-order valence-electron chi connectivity index (χ3n) is 11.7. The summed E-state index contributed by atoms with van der Waals surface area (Å²) in [6.45, 7) is 4.70. The molecule has 56 heavy (non-hydrogen) atoms. The van der Waals surface area contributed by atoms with Gasteiger partial charge in [-0.15, -0.1) is 0 Å². The number of furan rings is 1. The number of hydrogen-bond acceptors (Lipinski definition) is 3. The molecule has 0 saturated carbocycles. The Labute approximate surface area is 325 Å². The summed E-state index contributed by atoms with van der Waals surface area (Å²) >= 11 is 0. The molecule has 0 saturated heterocycles. The van der Waals surface area contributed by atoms with E-state index < -0.39 is 0 Å². The maximum absolute atomic E-state index is 6.19. The second-order valence-electron chi connectivity index (χ2n) is 15.4. The lowest BCUT2D eigenvalue weighted by atomic mass is 9.81. The first-order valence-corrected chi connectivity index (χ1v) is 19.2. The highest BCUT2D eigenvalue weighted by Crippen LogP contribution is 2.53. The van der Waals surface area contributed by atoms with Gasteiger partial charge in [-0.2, -0.15) is 0 Å². The maximum atomic E-state index is 6.19. The van der Waals surface area contributed by atoms with E-state index in [4.69, 9.17) is 14.4 Å². The molecule has 0 unspecified atom stereocenters. The summed E-state index contributed by atoms with van der Waals surface area (Å²) in [6, 6.07) is 64.8. The average molecular weight is 717 g/mol. The van der Waals surface area contributed by atoms with Crippen LogP contribution >= 0.6 is 0 Å². The van der Waals surface area contributed by atoms with Crippen molar-refractivity contribution in [3.8, 4) is 67.3 Å². The van der Waals surface area contributed by atoms with Crippen molar-refractivity contribution in [3.63, 3.8) is 0 Å². The highest BCUT2D eigenvalue weighted by atomic mass is 16.3. The summed E-state index contributed by atoms with van der Waals surface area (Å²) in [5.41, 5.74) is 16.6. The molecule has 1 aliphatic rings. The van der Waals surface area contributed by atoms with Crippen molar-refractivity contribution in [1.29, 1.82) is 0 Å². The van der Waals surface area contributed by atoms with Crippen LogP contribution in [-0.2, 0) is 5.41 Å². The van der Waals surface area contributed by atoms with Gasteiger partial charge in [-0.1, -0.05) is 159 Å². The van der Waals surface area contributed by atoms with Crippen molar-refractivity contribution in [1.82, 2.24) is 9.97 Å². The van der Waals surface area contributed by atoms with Crippen LogP contribution in [0.4, 0.5) is 0 Å². The van der Waals surface area contributed by atoms with Gasteiger partial charge in [-0.25, -0.2) is 9.97 Å². The van der Waals surface area contributed by atoms with E-state index in [2.05, 4.69) is 166 Å². The van der Waals surface area contributed by atoms with E-state index >= 15 is 0 Å². The van der Waals surface area contributed by atoms with Crippen LogP contribution in [0, 0.1) is 0 Å². The molecular formula is C53H36N2O. The Hall–Kier alpha value is -7.10. The minimum Gasteiger partial charge on any atom is -0.456 e. The fraction of sp³-hybridized carbons (Fsp3) is 0.0566. The molecule has 8 aromatic carbocycles. The molecule has 11 rings (SSSR count). The third-order valence-corrected chi connectivity index (χ3v) is 11.7. The van der Waals surface area contributed by atoms with Gasteiger partial charge in [0.1, 0.15) is 11.2 Å². The van der Waals surface area contributed by atoms with Crippen LogP contribution in [0.3, 0.4) is 0 Å². The van der Waals surface area contributed by atoms with Crippen molar-refractivity contribution in [2.75, 3.05) is 0 Å². The van der Waals surface area contributed by atoms with Gasteiger partial charge < -0.3 is 4.42 Å². The highest BCUT2D eigenvalue weighted by Gasteiger charge is 2.37. The van der Waals surface area contributed by atoms with Gasteiger partial charge in [-0.3, -0.25) is 0 Å². The van der Waals surface area contributed by atoms with E-state index in [1.54, 1.807) is 0 Å². The highest BCUT2D eigenvalue weighted by molar-refractivity contribution is 6.06. The van der Waals surface area contributed by atoms with Crippen molar-refractivity contribution in [2.24, 2.45) is 0 Å². The van der Waals surface area contributed by atoms with E-state index in [0.29, 0.717) is 5.82 Å². The lowest BCUT2D eigenvalue weighted by Gasteiger charge is -2.22. The molecule has 2 aromatic heterocycles. The number of hydrogen-bond donors (Lipinski definition) is 0. The molecule has 2 heterocycles. The summed E-state index contributed by atoms with van der Waals surface area (Å²) in [5, 5.41) is 4.83. The quantitative estimate of drug-likeness (QED) is 0.178. The van der Waals surface area contributed by atoms with Crippen molar-refractivity contribution < 1.29 is 4.42 Å². The molecule has 0 atom stereocenters. The number of fused-ring (bicyclic) bond motifs is 7. The Bertz CT molecular complexity index is 3140. The molecule has 10 aromatic rings. The smallest absolute Gasteiger partial charge is 0.160 e. The predicted octanol–water partition coefficient (Wildman–Crippen LogP) is 14.2. The first-order valence-electron chi connectivity index (χ1n) is 19.2. The minimum absolute atomic E-state index is 0.0871. The molecule has 0 bridgehead atoms. The summed E-state index contributed by atoms with van der Waals surface area (Å²) in [6.07, 6.45) is 0. The van der Waals surface area contributed by atoms with E-state index in [9.17, 15) is 0 Å². The lowest BCUT2D eigenvalue weighted by Crippen LogP contribution is -2.14. The van der Waals surface area contributed by atoms with Crippen LogP contribution < -0.4 is 0 Å². The van der Waals surface area contributed by atoms with Gasteiger partial charge in [0.2, 0.25) is 0 Å². The van der Waals surface area contributed by atoms with Crippen LogP contribution in [0.1, 0.15) is 25.0 Å². The molecule has 3 nitrogen and oxygen atoms in total. The van der Waals surface area contributed by atoms with Crippen molar-refractivity contribution in [2.45, 2.75) is 19.3 Å². The summed E-state index contributed by atoms with van der Waals surface area (Å²) in [5.74, 6) is 0.702. The van der Waals surface area contributed by atoms with Gasteiger partial charge in [0, 0.05) is 32.9 Å². The Balaban J connectivity index is 0.966. The second kappa shape index (κ2) is 12.5. The number of rotatable bonds is 5. The SMILES string of the molecule is CC1(C)c2cc3ccccc3cc2-c2c(-c3ccc(-c4cc(-c5ccc(-c6ccc7c(c6)oc6ccccc67)cc5)nc(-c5ccccc5)n4)cc3)cccc21. The van der Waals surface area contributed by atoms with Crippen LogP contribution in [-0.4, -0.2) is 9.97 Å². The second-order valence-corrected chi connectivity index (χ2v) is 15.4. The van der Waals surface area contributed by atoms with E-state index in [0.717, 1.165) is 61.1 Å². The zero-order valence-corrected chi connectivity index (χ0v) is 31.1. The Kier molecular flexibility index (Phi) is 7.20. The molecule has 1 aliphatic carbocycles. The fourth-order valence-corrected chi connectivity index (χ4v) is 8.73. The molecule has 0 aliphatic heterocycles. The third kappa shape index (κ3) is 5.20. The molecule has 0 fully saturated rings. The van der Waals surface area contributed by atoms with Gasteiger partial charge in [0.15, 0.2) is 5.82 Å². The monoisotopic (exact) mass is 716 g/mol. The van der Waals surface area contributed by atoms with Crippen molar-refractivity contribution >= 4 is 32.7 Å². The maximum Gasteiger partial charge on any atom is 0.160 e. The Morgan fingerprint density at radius 2 is 1.00 bits per heavy atom. The number of aromatic nitrogens is 2. The van der Waals surface area contributed by atoms with Crippen LogP contribution in [0.25, 0.3) is 100.0 Å². The fourth-order valence-electron chi connectivity index (χ4n) is 8.73. The Morgan fingerprint density at radius 3 is 1.75 bits per heavy atom. The predicted molar refractivity (Wildman–Crippen MR) is 232 cm³/mol. The van der Waals surface area contributed by atoms with Crippen LogP contribution in [0.15, 0.2) is 186 Å². The normalized spacial score (nSPS) is 13.0. The zero-order valence-electron chi connectivity index (χ0n) is 31.1. The van der Waals surface area contributed by atoms with Gasteiger partial charge in [0.05, 0.1) is 11.4 Å². The van der Waals surface area contributed by atoms with E-state index in [-0.39, 0.29) is 5.41 Å². The topological polar surface area (TPSA) is 38.9 Å². The standard InChI is InChI=1S/C53H36N2O/c1-53(2)45-17-10-16-41(51(45)44-29-38-13-6-7-14-39(38)30-46(44)53)34-21-25-36(26-22-34)48-32-47(54-52(55-48)37-11-4-3-5-12-37)35-23-19-33(20-24-35)40-27-28-43-42-15-8-9-18-49(42)56-50(43)31-40/h3-32H,1-2H3. The van der Waals surface area contributed by atoms with Crippen LogP contribution in [0.2, 0.25) is 0 Å². The first kappa shape index (κ1) is 32.3. The molecule has 0 amide bonds. The molecule has 0 radical (unpaired) electrons. The van der Waals surface area contributed by atoms with Gasteiger partial charge in [-0.05, 0) is 91.7 Å². The summed E-state index contributed by atoms with van der Waals surface area (Å²) in [4.78, 5) is 10.2. The number of nitrogens with zero attached hydrogens (tertiary/aromatic N) is 2. The summed E-state index contributed by atoms with van der Waals surface area (Å²) in [7, 11) is 0.